The summed E-state index contributed by atoms with van der Waals surface area (Å²) in [6.45, 7) is 8.71. The molecule has 1 aliphatic carbocycles. The second kappa shape index (κ2) is 6.12. The molecule has 0 atom stereocenters. The van der Waals surface area contributed by atoms with Crippen LogP contribution in [0.2, 0.25) is 0 Å². The first-order valence-corrected chi connectivity index (χ1v) is 8.48. The monoisotopic (exact) mass is 295 g/mol. The highest BCUT2D eigenvalue weighted by Crippen LogP contribution is 2.33. The number of aromatic nitrogens is 1. The summed E-state index contributed by atoms with van der Waals surface area (Å²) in [5.74, 6) is 0. The molecule has 1 aliphatic rings. The summed E-state index contributed by atoms with van der Waals surface area (Å²) in [7, 11) is 4.44. The number of likely N-dealkylation sites (N-methyl/N-ethyl adjacent to an activating group) is 1. The second-order valence-electron chi connectivity index (χ2n) is 7.31. The third kappa shape index (κ3) is 3.60. The topological polar surface area (TPSA) is 28.2 Å². The Morgan fingerprint density at radius 2 is 1.95 bits per heavy atom. The van der Waals surface area contributed by atoms with Crippen molar-refractivity contribution in [2.24, 2.45) is 0 Å². The summed E-state index contributed by atoms with van der Waals surface area (Å²) in [5, 5.41) is 4.89. The smallest absolute Gasteiger partial charge is 0.0981 e. The van der Waals surface area contributed by atoms with Gasteiger partial charge in [0.25, 0.3) is 0 Å². The van der Waals surface area contributed by atoms with E-state index in [1.165, 1.54) is 35.6 Å². The highest BCUT2D eigenvalue weighted by atomic mass is 32.1. The minimum atomic E-state index is 0.166. The van der Waals surface area contributed by atoms with E-state index < -0.39 is 0 Å². The van der Waals surface area contributed by atoms with Crippen molar-refractivity contribution < 1.29 is 0 Å². The molecule has 1 aromatic rings. The largest absolute Gasteiger partial charge is 0.310 e. The van der Waals surface area contributed by atoms with E-state index in [2.05, 4.69) is 50.1 Å². The van der Waals surface area contributed by atoms with Gasteiger partial charge in [0.1, 0.15) is 0 Å². The Morgan fingerprint density at radius 3 is 2.45 bits per heavy atom. The van der Waals surface area contributed by atoms with Crippen LogP contribution >= 0.6 is 11.3 Å². The number of nitrogens with zero attached hydrogens (tertiary/aromatic N) is 2. The average molecular weight is 295 g/mol. The molecule has 4 heteroatoms. The second-order valence-corrected chi connectivity index (χ2v) is 8.43. The van der Waals surface area contributed by atoms with E-state index in [1.54, 1.807) is 0 Å². The van der Waals surface area contributed by atoms with E-state index in [0.717, 1.165) is 13.1 Å². The van der Waals surface area contributed by atoms with Crippen LogP contribution in [0.1, 0.15) is 56.3 Å². The van der Waals surface area contributed by atoms with Gasteiger partial charge in [-0.25, -0.2) is 4.98 Å². The molecule has 0 unspecified atom stereocenters. The number of hydrogen-bond acceptors (Lipinski definition) is 4. The zero-order valence-corrected chi connectivity index (χ0v) is 14.4. The molecule has 1 heterocycles. The summed E-state index contributed by atoms with van der Waals surface area (Å²) in [6, 6.07) is 0. The van der Waals surface area contributed by atoms with Crippen LogP contribution in [0.5, 0.6) is 0 Å². The van der Waals surface area contributed by atoms with Gasteiger partial charge >= 0.3 is 0 Å². The standard InChI is InChI=1S/C16H29N3S/c1-15(2,3)14-18-11-13(20-14)10-17-12-16(19(4)5)8-6-7-9-16/h11,17H,6-10,12H2,1-5H3. The first-order chi connectivity index (χ1) is 9.33. The van der Waals surface area contributed by atoms with Crippen LogP contribution in [0.25, 0.3) is 0 Å². The Hall–Kier alpha value is -0.450. The van der Waals surface area contributed by atoms with Crippen molar-refractivity contribution in [1.82, 2.24) is 15.2 Å². The fraction of sp³-hybridized carbons (Fsp3) is 0.812. The van der Waals surface area contributed by atoms with Crippen molar-refractivity contribution in [3.8, 4) is 0 Å². The van der Waals surface area contributed by atoms with Crippen molar-refractivity contribution in [3.63, 3.8) is 0 Å². The van der Waals surface area contributed by atoms with Gasteiger partial charge in [-0.05, 0) is 26.9 Å². The van der Waals surface area contributed by atoms with E-state index in [0.29, 0.717) is 5.54 Å². The Bertz CT molecular complexity index is 425. The van der Waals surface area contributed by atoms with Crippen molar-refractivity contribution >= 4 is 11.3 Å². The summed E-state index contributed by atoms with van der Waals surface area (Å²) < 4.78 is 0. The van der Waals surface area contributed by atoms with Crippen LogP contribution in [0.4, 0.5) is 0 Å². The molecule has 0 aromatic carbocycles. The first-order valence-electron chi connectivity index (χ1n) is 7.67. The minimum Gasteiger partial charge on any atom is -0.310 e. The SMILES string of the molecule is CN(C)C1(CNCc2cnc(C(C)(C)C)s2)CCCC1. The van der Waals surface area contributed by atoms with Crippen molar-refractivity contribution in [3.05, 3.63) is 16.1 Å². The maximum absolute atomic E-state index is 4.56. The van der Waals surface area contributed by atoms with Gasteiger partial charge in [0.2, 0.25) is 0 Å². The Labute approximate surface area is 127 Å². The van der Waals surface area contributed by atoms with Crippen molar-refractivity contribution in [1.29, 1.82) is 0 Å². The Kier molecular flexibility index (Phi) is 4.88. The van der Waals surface area contributed by atoms with Gasteiger partial charge in [-0.15, -0.1) is 11.3 Å². The van der Waals surface area contributed by atoms with Crippen molar-refractivity contribution in [2.45, 2.75) is 64.0 Å². The summed E-state index contributed by atoms with van der Waals surface area (Å²) in [4.78, 5) is 8.32. The van der Waals surface area contributed by atoms with E-state index >= 15 is 0 Å². The molecule has 1 saturated carbocycles. The van der Waals surface area contributed by atoms with E-state index in [1.807, 2.05) is 17.5 Å². The predicted molar refractivity (Wildman–Crippen MR) is 87.4 cm³/mol. The van der Waals surface area contributed by atoms with Gasteiger partial charge in [-0.3, -0.25) is 0 Å². The van der Waals surface area contributed by atoms with Crippen LogP contribution in [-0.2, 0) is 12.0 Å². The van der Waals surface area contributed by atoms with Gasteiger partial charge in [-0.2, -0.15) is 0 Å². The quantitative estimate of drug-likeness (QED) is 0.902. The molecule has 0 spiro atoms. The molecule has 1 aromatic heterocycles. The highest BCUT2D eigenvalue weighted by Gasteiger charge is 2.35. The predicted octanol–water partition coefficient (Wildman–Crippen LogP) is 3.40. The lowest BCUT2D eigenvalue weighted by Crippen LogP contribution is -2.49. The van der Waals surface area contributed by atoms with Crippen LogP contribution in [0.15, 0.2) is 6.20 Å². The zero-order chi connectivity index (χ0) is 14.8. The van der Waals surface area contributed by atoms with E-state index in [-0.39, 0.29) is 5.41 Å². The van der Waals surface area contributed by atoms with Crippen LogP contribution < -0.4 is 5.32 Å². The van der Waals surface area contributed by atoms with Gasteiger partial charge in [-0.1, -0.05) is 33.6 Å². The number of hydrogen-bond donors (Lipinski definition) is 1. The number of nitrogens with one attached hydrogen (secondary N) is 1. The fourth-order valence-electron chi connectivity index (χ4n) is 2.97. The van der Waals surface area contributed by atoms with Gasteiger partial charge < -0.3 is 10.2 Å². The third-order valence-corrected chi connectivity index (χ3v) is 5.85. The molecule has 114 valence electrons. The molecule has 2 rings (SSSR count). The molecule has 3 nitrogen and oxygen atoms in total. The van der Waals surface area contributed by atoms with Gasteiger partial charge in [0.15, 0.2) is 0 Å². The number of thiazole rings is 1. The fourth-order valence-corrected chi connectivity index (χ4v) is 3.91. The van der Waals surface area contributed by atoms with Crippen LogP contribution in [0.3, 0.4) is 0 Å². The molecule has 0 saturated heterocycles. The third-order valence-electron chi connectivity index (χ3n) is 4.43. The average Bonchev–Trinajstić information content (AvgIpc) is 2.97. The van der Waals surface area contributed by atoms with Crippen LogP contribution in [0, 0.1) is 0 Å². The lowest BCUT2D eigenvalue weighted by molar-refractivity contribution is 0.154. The molecule has 1 fully saturated rings. The normalized spacial score (nSPS) is 18.9. The molecular weight excluding hydrogens is 266 g/mol. The van der Waals surface area contributed by atoms with Gasteiger partial charge in [0, 0.05) is 35.1 Å². The Balaban J connectivity index is 1.88. The molecule has 1 N–H and O–H groups in total. The molecule has 0 aliphatic heterocycles. The van der Waals surface area contributed by atoms with Crippen LogP contribution in [-0.4, -0.2) is 36.1 Å². The molecule has 0 amide bonds. The zero-order valence-electron chi connectivity index (χ0n) is 13.6. The molecule has 0 radical (unpaired) electrons. The maximum atomic E-state index is 4.56. The molecular formula is C16H29N3S. The summed E-state index contributed by atoms with van der Waals surface area (Å²) in [5.41, 5.74) is 0.538. The minimum absolute atomic E-state index is 0.166. The first kappa shape index (κ1) is 15.9. The van der Waals surface area contributed by atoms with Crippen molar-refractivity contribution in [2.75, 3.05) is 20.6 Å². The van der Waals surface area contributed by atoms with E-state index in [9.17, 15) is 0 Å². The lowest BCUT2D eigenvalue weighted by Gasteiger charge is -2.36. The van der Waals surface area contributed by atoms with Gasteiger partial charge in [0.05, 0.1) is 5.01 Å². The molecule has 0 bridgehead atoms. The van der Waals surface area contributed by atoms with E-state index in [4.69, 9.17) is 0 Å². The number of rotatable bonds is 5. The summed E-state index contributed by atoms with van der Waals surface area (Å²) >= 11 is 1.84. The summed E-state index contributed by atoms with van der Waals surface area (Å²) in [6.07, 6.45) is 7.42. The lowest BCUT2D eigenvalue weighted by atomic mass is 9.96. The highest BCUT2D eigenvalue weighted by molar-refractivity contribution is 7.11. The maximum Gasteiger partial charge on any atom is 0.0981 e. The Morgan fingerprint density at radius 1 is 1.30 bits per heavy atom. The molecule has 20 heavy (non-hydrogen) atoms.